The van der Waals surface area contributed by atoms with Crippen LogP contribution in [-0.2, 0) is 10.0 Å². The zero-order valence-corrected chi connectivity index (χ0v) is 18.6. The highest BCUT2D eigenvalue weighted by atomic mass is 32.2. The number of nitrogens with zero attached hydrogens (tertiary/aromatic N) is 1. The summed E-state index contributed by atoms with van der Waals surface area (Å²) in [5.74, 6) is -0.0739. The number of carbonyl (C=O) groups is 1. The van der Waals surface area contributed by atoms with Gasteiger partial charge in [0.15, 0.2) is 0 Å². The first kappa shape index (κ1) is 21.0. The Bertz CT molecular complexity index is 1170. The molecule has 0 saturated carbocycles. The van der Waals surface area contributed by atoms with E-state index in [9.17, 15) is 13.2 Å². The van der Waals surface area contributed by atoms with Crippen molar-refractivity contribution >= 4 is 36.1 Å². The topological polar surface area (TPSA) is 96.3 Å². The number of nitrogens with one attached hydrogen (secondary N) is 1. The number of hydrogen-bond donors (Lipinski definition) is 2. The summed E-state index contributed by atoms with van der Waals surface area (Å²) < 4.78 is 26.3. The average molecular weight is 444 g/mol. The molecule has 8 heteroatoms. The van der Waals surface area contributed by atoms with Gasteiger partial charge in [-0.1, -0.05) is 30.3 Å². The van der Waals surface area contributed by atoms with Crippen molar-refractivity contribution in [1.82, 2.24) is 9.29 Å². The van der Waals surface area contributed by atoms with Crippen LogP contribution in [0.1, 0.15) is 34.7 Å². The number of fused-ring (bicyclic) bond motifs is 1. The maximum absolute atomic E-state index is 12.4. The lowest BCUT2D eigenvalue weighted by Crippen LogP contribution is -2.39. The standard InChI is InChI=1S/C22H26N3O3PS/c23-22(26)19-13-17(15-4-2-1-3-5-15)12-18-20(14-24-21(18)19)16-6-8-25(9-7-16)30(27,28)11-10-29/h1-5,12-14,16,24H,6-11,29H2,(H2,23,26). The van der Waals surface area contributed by atoms with Gasteiger partial charge in [-0.05, 0) is 53.7 Å². The van der Waals surface area contributed by atoms with E-state index in [0.29, 0.717) is 24.8 Å². The lowest BCUT2D eigenvalue weighted by atomic mass is 9.88. The molecule has 1 aliphatic heterocycles. The Kier molecular flexibility index (Phi) is 5.96. The molecule has 1 aromatic heterocycles. The molecule has 2 heterocycles. The molecule has 1 fully saturated rings. The molecule has 0 aliphatic carbocycles. The fourth-order valence-electron chi connectivity index (χ4n) is 4.31. The predicted molar refractivity (Wildman–Crippen MR) is 124 cm³/mol. The molecule has 1 unspecified atom stereocenters. The lowest BCUT2D eigenvalue weighted by molar-refractivity contribution is 0.100. The van der Waals surface area contributed by atoms with Crippen LogP contribution in [-0.4, -0.2) is 48.6 Å². The van der Waals surface area contributed by atoms with Crippen molar-refractivity contribution in [3.63, 3.8) is 0 Å². The number of carbonyl (C=O) groups excluding carboxylic acids is 1. The molecule has 0 radical (unpaired) electrons. The summed E-state index contributed by atoms with van der Waals surface area (Å²) in [5.41, 5.74) is 9.97. The molecule has 0 bridgehead atoms. The van der Waals surface area contributed by atoms with E-state index in [1.54, 1.807) is 4.31 Å². The van der Waals surface area contributed by atoms with E-state index in [-0.39, 0.29) is 11.7 Å². The first-order valence-corrected chi connectivity index (χ1v) is 12.5. The Morgan fingerprint density at radius 2 is 1.83 bits per heavy atom. The molecule has 1 aliphatic rings. The number of nitrogens with two attached hydrogens (primary N) is 1. The summed E-state index contributed by atoms with van der Waals surface area (Å²) in [6, 6.07) is 13.8. The molecule has 3 N–H and O–H groups in total. The van der Waals surface area contributed by atoms with Gasteiger partial charge in [0, 0.05) is 24.7 Å². The SMILES string of the molecule is NC(=O)c1cc(-c2ccccc2)cc2c(C3CCN(S(=O)(=O)CCP)CC3)c[nH]c12. The zero-order valence-electron chi connectivity index (χ0n) is 16.7. The van der Waals surface area contributed by atoms with E-state index >= 15 is 0 Å². The highest BCUT2D eigenvalue weighted by molar-refractivity contribution is 7.89. The molecule has 0 spiro atoms. The van der Waals surface area contributed by atoms with Crippen LogP contribution in [0.2, 0.25) is 0 Å². The summed E-state index contributed by atoms with van der Waals surface area (Å²) in [6.07, 6.45) is 4.00. The molecule has 3 aromatic rings. The van der Waals surface area contributed by atoms with Crippen molar-refractivity contribution in [1.29, 1.82) is 0 Å². The van der Waals surface area contributed by atoms with E-state index in [2.05, 4.69) is 20.3 Å². The van der Waals surface area contributed by atoms with Gasteiger partial charge in [0.05, 0.1) is 16.8 Å². The molecular formula is C22H26N3O3PS. The third-order valence-corrected chi connectivity index (χ3v) is 8.47. The summed E-state index contributed by atoms with van der Waals surface area (Å²) in [5, 5.41) is 0.983. The number of piperidine rings is 1. The lowest BCUT2D eigenvalue weighted by Gasteiger charge is -2.31. The van der Waals surface area contributed by atoms with Gasteiger partial charge in [0.2, 0.25) is 10.0 Å². The Morgan fingerprint density at radius 1 is 1.13 bits per heavy atom. The number of aromatic amines is 1. The van der Waals surface area contributed by atoms with Gasteiger partial charge in [-0.15, -0.1) is 9.24 Å². The summed E-state index contributed by atoms with van der Waals surface area (Å²) in [4.78, 5) is 15.4. The molecule has 1 atom stereocenters. The average Bonchev–Trinajstić information content (AvgIpc) is 3.17. The maximum atomic E-state index is 12.4. The molecule has 30 heavy (non-hydrogen) atoms. The van der Waals surface area contributed by atoms with Gasteiger partial charge in [-0.25, -0.2) is 12.7 Å². The number of aromatic nitrogens is 1. The van der Waals surface area contributed by atoms with Crippen molar-refractivity contribution in [3.05, 3.63) is 59.8 Å². The molecular weight excluding hydrogens is 417 g/mol. The summed E-state index contributed by atoms with van der Waals surface area (Å²) >= 11 is 0. The second-order valence-corrected chi connectivity index (χ2v) is 10.4. The fourth-order valence-corrected chi connectivity index (χ4v) is 6.52. The Morgan fingerprint density at radius 3 is 2.47 bits per heavy atom. The Balaban J connectivity index is 1.69. The van der Waals surface area contributed by atoms with Crippen LogP contribution in [0.15, 0.2) is 48.7 Å². The molecule has 2 aromatic carbocycles. The minimum Gasteiger partial charge on any atom is -0.366 e. The minimum absolute atomic E-state index is 0.165. The molecule has 6 nitrogen and oxygen atoms in total. The van der Waals surface area contributed by atoms with Crippen LogP contribution < -0.4 is 5.73 Å². The number of amides is 1. The van der Waals surface area contributed by atoms with Gasteiger partial charge in [0.25, 0.3) is 5.91 Å². The Labute approximate surface area is 179 Å². The van der Waals surface area contributed by atoms with Crippen molar-refractivity contribution in [2.75, 3.05) is 25.0 Å². The van der Waals surface area contributed by atoms with Crippen molar-refractivity contribution < 1.29 is 13.2 Å². The second-order valence-electron chi connectivity index (χ2n) is 7.70. The van der Waals surface area contributed by atoms with Gasteiger partial charge >= 0.3 is 0 Å². The van der Waals surface area contributed by atoms with E-state index in [4.69, 9.17) is 5.73 Å². The van der Waals surface area contributed by atoms with Gasteiger partial charge in [0.1, 0.15) is 0 Å². The number of hydrogen-bond acceptors (Lipinski definition) is 3. The van der Waals surface area contributed by atoms with Crippen LogP contribution in [0.3, 0.4) is 0 Å². The number of H-pyrrole nitrogens is 1. The third kappa shape index (κ3) is 4.02. The highest BCUT2D eigenvalue weighted by Crippen LogP contribution is 2.37. The number of rotatable bonds is 6. The van der Waals surface area contributed by atoms with Crippen LogP contribution in [0.4, 0.5) is 0 Å². The number of primary amides is 1. The smallest absolute Gasteiger partial charge is 0.250 e. The van der Waals surface area contributed by atoms with Crippen LogP contribution in [0.5, 0.6) is 0 Å². The first-order chi connectivity index (χ1) is 14.4. The van der Waals surface area contributed by atoms with E-state index in [0.717, 1.165) is 40.4 Å². The van der Waals surface area contributed by atoms with Gasteiger partial charge in [-0.2, -0.15) is 0 Å². The van der Waals surface area contributed by atoms with E-state index in [1.807, 2.05) is 42.6 Å². The zero-order chi connectivity index (χ0) is 21.3. The second kappa shape index (κ2) is 8.50. The number of benzene rings is 2. The first-order valence-electron chi connectivity index (χ1n) is 10.1. The molecule has 1 saturated heterocycles. The molecule has 158 valence electrons. The minimum atomic E-state index is -3.19. The molecule has 1 amide bonds. The van der Waals surface area contributed by atoms with E-state index in [1.165, 1.54) is 0 Å². The predicted octanol–water partition coefficient (Wildman–Crippen LogP) is 3.32. The van der Waals surface area contributed by atoms with Crippen molar-refractivity contribution in [2.45, 2.75) is 18.8 Å². The van der Waals surface area contributed by atoms with Gasteiger partial charge in [-0.3, -0.25) is 4.79 Å². The monoisotopic (exact) mass is 443 g/mol. The molecule has 4 rings (SSSR count). The summed E-state index contributed by atoms with van der Waals surface area (Å²) in [7, 11) is -0.707. The van der Waals surface area contributed by atoms with Crippen LogP contribution in [0, 0.1) is 0 Å². The van der Waals surface area contributed by atoms with E-state index < -0.39 is 15.9 Å². The Hall–Kier alpha value is -2.21. The largest absolute Gasteiger partial charge is 0.366 e. The third-order valence-electron chi connectivity index (χ3n) is 5.86. The summed E-state index contributed by atoms with van der Waals surface area (Å²) in [6.45, 7) is 1.04. The van der Waals surface area contributed by atoms with Crippen molar-refractivity contribution in [2.24, 2.45) is 5.73 Å². The fraction of sp³-hybridized carbons (Fsp3) is 0.318. The van der Waals surface area contributed by atoms with Crippen LogP contribution in [0.25, 0.3) is 22.0 Å². The normalized spacial score (nSPS) is 16.2. The number of sulfonamides is 1. The van der Waals surface area contributed by atoms with Gasteiger partial charge < -0.3 is 10.7 Å². The highest BCUT2D eigenvalue weighted by Gasteiger charge is 2.29. The van der Waals surface area contributed by atoms with Crippen molar-refractivity contribution in [3.8, 4) is 11.1 Å². The quantitative estimate of drug-likeness (QED) is 0.572. The van der Waals surface area contributed by atoms with Crippen LogP contribution >= 0.6 is 9.24 Å². The maximum Gasteiger partial charge on any atom is 0.250 e.